The van der Waals surface area contributed by atoms with Crippen molar-refractivity contribution >= 4 is 0 Å². The van der Waals surface area contributed by atoms with Gasteiger partial charge in [-0.1, -0.05) is 0 Å². The molecule has 3 heteroatoms. The number of hydrogen-bond acceptors (Lipinski definition) is 3. The Bertz CT molecular complexity index is 171. The van der Waals surface area contributed by atoms with Crippen LogP contribution in [0.15, 0.2) is 12.0 Å². The number of aliphatic hydroxyl groups excluding tert-OH is 1. The van der Waals surface area contributed by atoms with Crippen LogP contribution in [0.4, 0.5) is 0 Å². The van der Waals surface area contributed by atoms with Crippen LogP contribution in [-0.4, -0.2) is 10.7 Å². The average molecular weight is 141 g/mol. The summed E-state index contributed by atoms with van der Waals surface area (Å²) in [7, 11) is 0. The van der Waals surface area contributed by atoms with Gasteiger partial charge in [-0.2, -0.15) is 5.26 Å². The van der Waals surface area contributed by atoms with Crippen molar-refractivity contribution in [3.63, 3.8) is 0 Å². The Kier molecular flexibility index (Phi) is 2.75. The van der Waals surface area contributed by atoms with E-state index in [2.05, 4.69) is 0 Å². The molecule has 1 N–H and O–H groups in total. The third kappa shape index (κ3) is 4.98. The predicted molar refractivity (Wildman–Crippen MR) is 37.2 cm³/mol. The summed E-state index contributed by atoms with van der Waals surface area (Å²) in [6.07, 6.45) is 0.950. The summed E-state index contributed by atoms with van der Waals surface area (Å²) in [5.41, 5.74) is -0.447. The Labute approximate surface area is 60.5 Å². The first-order chi connectivity index (χ1) is 4.45. The summed E-state index contributed by atoms with van der Waals surface area (Å²) in [6.45, 7) is 5.36. The van der Waals surface area contributed by atoms with Gasteiger partial charge in [0.05, 0.1) is 12.1 Å². The number of nitrogens with zero attached hydrogens (tertiary/aromatic N) is 1. The summed E-state index contributed by atoms with van der Waals surface area (Å²) in [5, 5.41) is 16.9. The van der Waals surface area contributed by atoms with Crippen LogP contribution in [0.2, 0.25) is 0 Å². The van der Waals surface area contributed by atoms with Crippen molar-refractivity contribution in [2.75, 3.05) is 0 Å². The fourth-order valence-corrected chi connectivity index (χ4v) is 0.398. The van der Waals surface area contributed by atoms with E-state index in [9.17, 15) is 0 Å². The third-order valence-electron chi connectivity index (χ3n) is 0.599. The second kappa shape index (κ2) is 3.11. The molecular weight excluding hydrogens is 130 g/mol. The van der Waals surface area contributed by atoms with E-state index in [0.717, 1.165) is 6.08 Å². The van der Waals surface area contributed by atoms with E-state index in [1.807, 2.05) is 0 Å². The lowest BCUT2D eigenvalue weighted by atomic mass is 10.2. The summed E-state index contributed by atoms with van der Waals surface area (Å²) < 4.78 is 4.87. The summed E-state index contributed by atoms with van der Waals surface area (Å²) >= 11 is 0. The average Bonchev–Trinajstić information content (AvgIpc) is 1.59. The van der Waals surface area contributed by atoms with Crippen LogP contribution in [0, 0.1) is 11.3 Å². The molecule has 56 valence electrons. The lowest BCUT2D eigenvalue weighted by molar-refractivity contribution is -0.0141. The van der Waals surface area contributed by atoms with Crippen LogP contribution in [0.25, 0.3) is 0 Å². The first-order valence-electron chi connectivity index (χ1n) is 2.93. The topological polar surface area (TPSA) is 53.2 Å². The Balaban J connectivity index is 3.95. The van der Waals surface area contributed by atoms with Gasteiger partial charge in [-0.05, 0) is 20.8 Å². The maximum absolute atomic E-state index is 8.80. The summed E-state index contributed by atoms with van der Waals surface area (Å²) in [5.74, 6) is -0.338. The van der Waals surface area contributed by atoms with Gasteiger partial charge >= 0.3 is 0 Å². The Morgan fingerprint density at radius 3 is 2.40 bits per heavy atom. The fraction of sp³-hybridized carbons (Fsp3) is 0.571. The molecule has 0 aromatic heterocycles. The molecule has 0 rings (SSSR count). The van der Waals surface area contributed by atoms with Gasteiger partial charge in [0.2, 0.25) is 0 Å². The van der Waals surface area contributed by atoms with Gasteiger partial charge in [-0.25, -0.2) is 0 Å². The van der Waals surface area contributed by atoms with Crippen LogP contribution in [-0.2, 0) is 4.74 Å². The van der Waals surface area contributed by atoms with Gasteiger partial charge in [0, 0.05) is 0 Å². The van der Waals surface area contributed by atoms with Crippen LogP contribution < -0.4 is 0 Å². The zero-order valence-electron chi connectivity index (χ0n) is 6.38. The third-order valence-corrected chi connectivity index (χ3v) is 0.599. The van der Waals surface area contributed by atoms with Crippen molar-refractivity contribution < 1.29 is 9.84 Å². The lowest BCUT2D eigenvalue weighted by Crippen LogP contribution is -2.18. The van der Waals surface area contributed by atoms with Gasteiger partial charge in [0.25, 0.3) is 5.95 Å². The molecule has 0 aliphatic rings. The van der Waals surface area contributed by atoms with E-state index in [-0.39, 0.29) is 5.95 Å². The Hall–Kier alpha value is -1.17. The van der Waals surface area contributed by atoms with Gasteiger partial charge in [0.15, 0.2) is 0 Å². The minimum atomic E-state index is -0.447. The molecule has 10 heavy (non-hydrogen) atoms. The molecule has 0 fully saturated rings. The van der Waals surface area contributed by atoms with Crippen LogP contribution in [0.3, 0.4) is 0 Å². The second-order valence-electron chi connectivity index (χ2n) is 2.83. The van der Waals surface area contributed by atoms with Crippen LogP contribution in [0.5, 0.6) is 0 Å². The molecule has 3 nitrogen and oxygen atoms in total. The molecule has 0 radical (unpaired) electrons. The van der Waals surface area contributed by atoms with E-state index in [4.69, 9.17) is 15.1 Å². The normalized spacial score (nSPS) is 12.4. The molecular formula is C7H11NO2. The second-order valence-corrected chi connectivity index (χ2v) is 2.83. The van der Waals surface area contributed by atoms with Crippen LogP contribution >= 0.6 is 0 Å². The first kappa shape index (κ1) is 8.83. The smallest absolute Gasteiger partial charge is 0.288 e. The number of ether oxygens (including phenoxy) is 1. The van der Waals surface area contributed by atoms with Crippen LogP contribution in [0.1, 0.15) is 20.8 Å². The van der Waals surface area contributed by atoms with Gasteiger partial charge in [-0.15, -0.1) is 0 Å². The maximum atomic E-state index is 8.80. The molecule has 0 aliphatic heterocycles. The fourth-order valence-electron chi connectivity index (χ4n) is 0.398. The number of hydrogen-bond donors (Lipinski definition) is 1. The molecule has 0 bridgehead atoms. The lowest BCUT2D eigenvalue weighted by Gasteiger charge is -2.19. The minimum absolute atomic E-state index is 0.338. The largest absolute Gasteiger partial charge is 0.480 e. The quantitative estimate of drug-likeness (QED) is 0.447. The highest BCUT2D eigenvalue weighted by atomic mass is 16.6. The number of nitriles is 1. The van der Waals surface area contributed by atoms with Crippen molar-refractivity contribution in [2.24, 2.45) is 0 Å². The zero-order chi connectivity index (χ0) is 8.20. The van der Waals surface area contributed by atoms with Gasteiger partial charge in [-0.3, -0.25) is 0 Å². The number of allylic oxidation sites excluding steroid dienone is 1. The summed E-state index contributed by atoms with van der Waals surface area (Å²) in [6, 6.07) is 1.65. The van der Waals surface area contributed by atoms with E-state index < -0.39 is 5.60 Å². The molecule has 0 aliphatic carbocycles. The molecule has 0 heterocycles. The van der Waals surface area contributed by atoms with E-state index in [0.29, 0.717) is 0 Å². The van der Waals surface area contributed by atoms with Gasteiger partial charge in [0.1, 0.15) is 5.60 Å². The van der Waals surface area contributed by atoms with Crippen molar-refractivity contribution in [1.29, 1.82) is 5.26 Å². The molecule has 0 amide bonds. The highest BCUT2D eigenvalue weighted by Crippen LogP contribution is 2.10. The molecule has 0 saturated heterocycles. The maximum Gasteiger partial charge on any atom is 0.288 e. The van der Waals surface area contributed by atoms with Crippen molar-refractivity contribution in [2.45, 2.75) is 26.4 Å². The highest BCUT2D eigenvalue weighted by Gasteiger charge is 2.11. The highest BCUT2D eigenvalue weighted by molar-refractivity contribution is 5.02. The SMILES string of the molecule is CC(C)(C)O/C(O)=C/C#N. The molecule has 0 unspecified atom stereocenters. The predicted octanol–water partition coefficient (Wildman–Crippen LogP) is 1.72. The molecule has 0 aromatic carbocycles. The standard InChI is InChI=1S/C7H11NO2/c1-7(2,3)10-6(9)4-5-8/h4,9H,1-3H3/b6-4+. The zero-order valence-corrected chi connectivity index (χ0v) is 6.38. The molecule has 0 atom stereocenters. The van der Waals surface area contributed by atoms with Crippen molar-refractivity contribution in [3.05, 3.63) is 12.0 Å². The minimum Gasteiger partial charge on any atom is -0.480 e. The van der Waals surface area contributed by atoms with Crippen molar-refractivity contribution in [1.82, 2.24) is 0 Å². The van der Waals surface area contributed by atoms with E-state index >= 15 is 0 Å². The van der Waals surface area contributed by atoms with Gasteiger partial charge < -0.3 is 9.84 Å². The summed E-state index contributed by atoms with van der Waals surface area (Å²) in [4.78, 5) is 0. The number of rotatable bonds is 1. The molecule has 0 saturated carbocycles. The Morgan fingerprint density at radius 1 is 1.60 bits per heavy atom. The van der Waals surface area contributed by atoms with Crippen molar-refractivity contribution in [3.8, 4) is 6.07 Å². The molecule has 0 aromatic rings. The van der Waals surface area contributed by atoms with E-state index in [1.54, 1.807) is 26.8 Å². The monoisotopic (exact) mass is 141 g/mol. The molecule has 0 spiro atoms. The Morgan fingerprint density at radius 2 is 2.10 bits per heavy atom. The van der Waals surface area contributed by atoms with E-state index in [1.165, 1.54) is 0 Å². The number of aliphatic hydroxyl groups is 1. The first-order valence-corrected chi connectivity index (χ1v) is 2.93.